The first-order valence-electron chi connectivity index (χ1n) is 7.51. The molecule has 2 atom stereocenters. The van der Waals surface area contributed by atoms with Crippen molar-refractivity contribution in [3.63, 3.8) is 0 Å². The molecular weight excluding hydrogens is 228 g/mol. The van der Waals surface area contributed by atoms with Gasteiger partial charge in [-0.25, -0.2) is 0 Å². The van der Waals surface area contributed by atoms with Gasteiger partial charge in [0.15, 0.2) is 0 Å². The summed E-state index contributed by atoms with van der Waals surface area (Å²) in [5.74, 6) is 0.737. The third kappa shape index (κ3) is 4.84. The van der Waals surface area contributed by atoms with Gasteiger partial charge < -0.3 is 14.8 Å². The Morgan fingerprint density at radius 3 is 3.06 bits per heavy atom. The molecule has 2 fully saturated rings. The number of hydrogen-bond donors (Lipinski definition) is 1. The van der Waals surface area contributed by atoms with E-state index in [4.69, 9.17) is 9.47 Å². The summed E-state index contributed by atoms with van der Waals surface area (Å²) in [5.41, 5.74) is 0. The summed E-state index contributed by atoms with van der Waals surface area (Å²) < 4.78 is 11.2. The van der Waals surface area contributed by atoms with Gasteiger partial charge in [-0.1, -0.05) is 6.92 Å². The molecule has 4 heteroatoms. The maximum absolute atomic E-state index is 5.79. The number of rotatable bonds is 6. The molecule has 2 aliphatic heterocycles. The average molecular weight is 256 g/mol. The fraction of sp³-hybridized carbons (Fsp3) is 1.00. The molecule has 2 heterocycles. The Hall–Kier alpha value is -0.160. The van der Waals surface area contributed by atoms with Gasteiger partial charge in [0, 0.05) is 45.9 Å². The van der Waals surface area contributed by atoms with Gasteiger partial charge in [0.25, 0.3) is 0 Å². The molecule has 0 aromatic carbocycles. The van der Waals surface area contributed by atoms with E-state index in [-0.39, 0.29) is 0 Å². The molecule has 0 aromatic rings. The lowest BCUT2D eigenvalue weighted by Crippen LogP contribution is -2.37. The first-order valence-corrected chi connectivity index (χ1v) is 7.51. The molecule has 0 radical (unpaired) electrons. The second kappa shape index (κ2) is 8.10. The number of nitrogens with one attached hydrogen (secondary N) is 1. The van der Waals surface area contributed by atoms with Crippen molar-refractivity contribution in [1.29, 1.82) is 0 Å². The summed E-state index contributed by atoms with van der Waals surface area (Å²) in [6, 6.07) is 0. The van der Waals surface area contributed by atoms with Crippen LogP contribution in [-0.2, 0) is 9.47 Å². The van der Waals surface area contributed by atoms with E-state index >= 15 is 0 Å². The molecule has 0 amide bonds. The molecule has 2 aliphatic rings. The Bertz CT molecular complexity index is 220. The van der Waals surface area contributed by atoms with Gasteiger partial charge in [0.1, 0.15) is 0 Å². The van der Waals surface area contributed by atoms with Crippen LogP contribution in [0, 0.1) is 5.92 Å². The minimum Gasteiger partial charge on any atom is -0.381 e. The first-order chi connectivity index (χ1) is 8.88. The Morgan fingerprint density at radius 2 is 2.28 bits per heavy atom. The van der Waals surface area contributed by atoms with Crippen molar-refractivity contribution < 1.29 is 9.47 Å². The van der Waals surface area contributed by atoms with Crippen LogP contribution in [0.5, 0.6) is 0 Å². The topological polar surface area (TPSA) is 33.7 Å². The average Bonchev–Trinajstić information content (AvgIpc) is 2.80. The van der Waals surface area contributed by atoms with Crippen LogP contribution in [0.2, 0.25) is 0 Å². The third-order valence-corrected chi connectivity index (χ3v) is 3.95. The summed E-state index contributed by atoms with van der Waals surface area (Å²) in [6.45, 7) is 10.7. The van der Waals surface area contributed by atoms with Crippen LogP contribution < -0.4 is 5.32 Å². The predicted octanol–water partition coefficient (Wildman–Crippen LogP) is 1.11. The predicted molar refractivity (Wildman–Crippen MR) is 72.9 cm³/mol. The molecule has 0 saturated carbocycles. The van der Waals surface area contributed by atoms with Gasteiger partial charge >= 0.3 is 0 Å². The standard InChI is InChI=1S/C14H28N2O2/c1-2-14-11-16(6-3-8-18-14)7-5-15-10-13-4-9-17-12-13/h13-15H,2-12H2,1H3. The smallest absolute Gasteiger partial charge is 0.0699 e. The zero-order valence-corrected chi connectivity index (χ0v) is 11.7. The van der Waals surface area contributed by atoms with Crippen molar-refractivity contribution in [1.82, 2.24) is 10.2 Å². The monoisotopic (exact) mass is 256 g/mol. The van der Waals surface area contributed by atoms with Crippen LogP contribution >= 0.6 is 0 Å². The fourth-order valence-electron chi connectivity index (χ4n) is 2.71. The summed E-state index contributed by atoms with van der Waals surface area (Å²) in [4.78, 5) is 2.54. The van der Waals surface area contributed by atoms with E-state index in [0.717, 1.165) is 58.3 Å². The lowest BCUT2D eigenvalue weighted by Gasteiger charge is -2.23. The maximum atomic E-state index is 5.79. The van der Waals surface area contributed by atoms with Crippen molar-refractivity contribution in [3.8, 4) is 0 Å². The lowest BCUT2D eigenvalue weighted by molar-refractivity contribution is 0.0521. The van der Waals surface area contributed by atoms with Crippen molar-refractivity contribution in [3.05, 3.63) is 0 Å². The molecule has 4 nitrogen and oxygen atoms in total. The largest absolute Gasteiger partial charge is 0.381 e. The van der Waals surface area contributed by atoms with E-state index in [1.807, 2.05) is 0 Å². The van der Waals surface area contributed by atoms with Crippen molar-refractivity contribution in [2.24, 2.45) is 5.92 Å². The quantitative estimate of drug-likeness (QED) is 0.722. The van der Waals surface area contributed by atoms with E-state index in [2.05, 4.69) is 17.1 Å². The highest BCUT2D eigenvalue weighted by molar-refractivity contribution is 4.71. The summed E-state index contributed by atoms with van der Waals surface area (Å²) >= 11 is 0. The second-order valence-corrected chi connectivity index (χ2v) is 5.49. The van der Waals surface area contributed by atoms with Gasteiger partial charge in [0.05, 0.1) is 12.7 Å². The second-order valence-electron chi connectivity index (χ2n) is 5.49. The van der Waals surface area contributed by atoms with Crippen LogP contribution in [0.15, 0.2) is 0 Å². The number of hydrogen-bond acceptors (Lipinski definition) is 4. The SMILES string of the molecule is CCC1CN(CCNCC2CCOC2)CCCO1. The minimum atomic E-state index is 0.440. The molecule has 2 rings (SSSR count). The summed E-state index contributed by atoms with van der Waals surface area (Å²) in [7, 11) is 0. The van der Waals surface area contributed by atoms with Crippen LogP contribution in [0.3, 0.4) is 0 Å². The Kier molecular flexibility index (Phi) is 6.41. The van der Waals surface area contributed by atoms with Crippen molar-refractivity contribution in [2.45, 2.75) is 32.3 Å². The van der Waals surface area contributed by atoms with Gasteiger partial charge in [0.2, 0.25) is 0 Å². The van der Waals surface area contributed by atoms with Crippen LogP contribution in [0.4, 0.5) is 0 Å². The molecule has 2 saturated heterocycles. The summed E-state index contributed by atoms with van der Waals surface area (Å²) in [5, 5.41) is 3.57. The van der Waals surface area contributed by atoms with Gasteiger partial charge in [-0.15, -0.1) is 0 Å². The Balaban J connectivity index is 1.56. The van der Waals surface area contributed by atoms with Gasteiger partial charge in [-0.2, -0.15) is 0 Å². The van der Waals surface area contributed by atoms with E-state index in [1.54, 1.807) is 0 Å². The van der Waals surface area contributed by atoms with Gasteiger partial charge in [-0.3, -0.25) is 4.90 Å². The third-order valence-electron chi connectivity index (χ3n) is 3.95. The van der Waals surface area contributed by atoms with Crippen LogP contribution in [-0.4, -0.2) is 63.5 Å². The Morgan fingerprint density at radius 1 is 1.33 bits per heavy atom. The highest BCUT2D eigenvalue weighted by Crippen LogP contribution is 2.11. The van der Waals surface area contributed by atoms with E-state index < -0.39 is 0 Å². The van der Waals surface area contributed by atoms with E-state index in [1.165, 1.54) is 19.4 Å². The highest BCUT2D eigenvalue weighted by Gasteiger charge is 2.17. The number of ether oxygens (including phenoxy) is 2. The van der Waals surface area contributed by atoms with E-state index in [0.29, 0.717) is 6.10 Å². The molecule has 1 N–H and O–H groups in total. The van der Waals surface area contributed by atoms with Crippen LogP contribution in [0.25, 0.3) is 0 Å². The first kappa shape index (κ1) is 14.3. The fourth-order valence-corrected chi connectivity index (χ4v) is 2.71. The summed E-state index contributed by atoms with van der Waals surface area (Å²) in [6.07, 6.45) is 3.97. The normalized spacial score (nSPS) is 30.5. The molecule has 106 valence electrons. The maximum Gasteiger partial charge on any atom is 0.0699 e. The minimum absolute atomic E-state index is 0.440. The van der Waals surface area contributed by atoms with Gasteiger partial charge in [-0.05, 0) is 25.2 Å². The zero-order valence-electron chi connectivity index (χ0n) is 11.7. The highest BCUT2D eigenvalue weighted by atomic mass is 16.5. The van der Waals surface area contributed by atoms with Crippen molar-refractivity contribution in [2.75, 3.05) is 52.5 Å². The zero-order chi connectivity index (χ0) is 12.6. The molecule has 0 bridgehead atoms. The van der Waals surface area contributed by atoms with Crippen molar-refractivity contribution >= 4 is 0 Å². The molecule has 2 unspecified atom stereocenters. The van der Waals surface area contributed by atoms with Crippen LogP contribution in [0.1, 0.15) is 26.2 Å². The molecule has 18 heavy (non-hydrogen) atoms. The molecule has 0 aromatic heterocycles. The molecular formula is C14H28N2O2. The number of nitrogens with zero attached hydrogens (tertiary/aromatic N) is 1. The molecule has 0 spiro atoms. The van der Waals surface area contributed by atoms with E-state index in [9.17, 15) is 0 Å². The lowest BCUT2D eigenvalue weighted by atomic mass is 10.1. The molecule has 0 aliphatic carbocycles. The Labute approximate surface area is 111 Å².